The Morgan fingerprint density at radius 1 is 1.50 bits per heavy atom. The molecule has 1 atom stereocenters. The fraction of sp³-hybridized carbons (Fsp3) is 0.286. The molecule has 0 bridgehead atoms. The molecule has 6 nitrogen and oxygen atoms in total. The summed E-state index contributed by atoms with van der Waals surface area (Å²) >= 11 is 0. The van der Waals surface area contributed by atoms with E-state index in [0.29, 0.717) is 16.9 Å². The Labute approximate surface area is 117 Å². The summed E-state index contributed by atoms with van der Waals surface area (Å²) in [6, 6.07) is 9.05. The minimum absolute atomic E-state index is 0.249. The topological polar surface area (TPSA) is 91.5 Å². The van der Waals surface area contributed by atoms with E-state index in [1.165, 1.54) is 4.90 Å². The summed E-state index contributed by atoms with van der Waals surface area (Å²) in [6.45, 7) is 1.88. The minimum Gasteiger partial charge on any atom is -0.392 e. The van der Waals surface area contributed by atoms with Crippen LogP contribution in [-0.4, -0.2) is 40.6 Å². The molecule has 0 radical (unpaired) electrons. The summed E-state index contributed by atoms with van der Waals surface area (Å²) in [5.41, 5.74) is 4.21. The number of aliphatic hydroxyl groups excluding tert-OH is 1. The van der Waals surface area contributed by atoms with Crippen molar-refractivity contribution in [2.45, 2.75) is 13.0 Å². The number of rotatable bonds is 4. The number of carbonyl (C=O) groups is 1. The van der Waals surface area contributed by atoms with Crippen molar-refractivity contribution in [3.63, 3.8) is 0 Å². The number of nitrogens with zero attached hydrogens (tertiary/aromatic N) is 2. The highest BCUT2D eigenvalue weighted by molar-refractivity contribution is 5.99. The van der Waals surface area contributed by atoms with E-state index >= 15 is 0 Å². The fourth-order valence-corrected chi connectivity index (χ4v) is 2.08. The third-order valence-corrected chi connectivity index (χ3v) is 2.98. The van der Waals surface area contributed by atoms with Gasteiger partial charge in [0.25, 0.3) is 5.91 Å². The third-order valence-electron chi connectivity index (χ3n) is 2.98. The highest BCUT2D eigenvalue weighted by atomic mass is 16.3. The van der Waals surface area contributed by atoms with Gasteiger partial charge >= 0.3 is 0 Å². The molecule has 20 heavy (non-hydrogen) atoms. The number of fused-ring (bicyclic) bond motifs is 1. The molecule has 0 aliphatic rings. The number of benzene rings is 1. The second-order valence-electron chi connectivity index (χ2n) is 4.75. The molecule has 0 saturated heterocycles. The highest BCUT2D eigenvalue weighted by Crippen LogP contribution is 2.22. The van der Waals surface area contributed by atoms with Crippen molar-refractivity contribution in [1.29, 1.82) is 0 Å². The van der Waals surface area contributed by atoms with Crippen molar-refractivity contribution in [1.82, 2.24) is 9.88 Å². The van der Waals surface area contributed by atoms with Crippen LogP contribution in [0.2, 0.25) is 0 Å². The van der Waals surface area contributed by atoms with Gasteiger partial charge in [-0.2, -0.15) is 0 Å². The number of nitrogens with one attached hydrogen (secondary N) is 1. The molecule has 0 fully saturated rings. The molecule has 2 rings (SSSR count). The molecule has 1 heterocycles. The van der Waals surface area contributed by atoms with Gasteiger partial charge in [0.15, 0.2) is 0 Å². The summed E-state index contributed by atoms with van der Waals surface area (Å²) in [5, 5.41) is 10.2. The van der Waals surface area contributed by atoms with Crippen molar-refractivity contribution in [2.75, 3.05) is 19.0 Å². The molecule has 2 aromatic rings. The molecule has 1 aromatic carbocycles. The zero-order valence-electron chi connectivity index (χ0n) is 11.5. The number of hydrogen-bond donors (Lipinski definition) is 3. The van der Waals surface area contributed by atoms with Gasteiger partial charge in [-0.1, -0.05) is 18.2 Å². The normalized spacial score (nSPS) is 12.2. The zero-order chi connectivity index (χ0) is 14.7. The number of aliphatic hydroxyl groups is 1. The number of carbonyl (C=O) groups excluding carboxylic acids is 1. The Hall–Kier alpha value is -2.18. The maximum Gasteiger partial charge on any atom is 0.272 e. The lowest BCUT2D eigenvalue weighted by Gasteiger charge is -2.19. The van der Waals surface area contributed by atoms with Crippen LogP contribution in [0.1, 0.15) is 17.4 Å². The van der Waals surface area contributed by atoms with E-state index in [9.17, 15) is 9.90 Å². The van der Waals surface area contributed by atoms with Crippen LogP contribution >= 0.6 is 0 Å². The van der Waals surface area contributed by atoms with E-state index in [-0.39, 0.29) is 12.5 Å². The van der Waals surface area contributed by atoms with Crippen molar-refractivity contribution >= 4 is 22.5 Å². The molecule has 106 valence electrons. The average molecular weight is 274 g/mol. The number of likely N-dealkylation sites (N-methyl/N-ethyl adjacent to an activating group) is 1. The Kier molecular flexibility index (Phi) is 4.16. The number of para-hydroxylation sites is 1. The van der Waals surface area contributed by atoms with E-state index in [0.717, 1.165) is 5.39 Å². The van der Waals surface area contributed by atoms with Gasteiger partial charge in [-0.25, -0.2) is 4.98 Å². The lowest BCUT2D eigenvalue weighted by atomic mass is 10.1. The van der Waals surface area contributed by atoms with Crippen molar-refractivity contribution < 1.29 is 9.90 Å². The molecule has 4 N–H and O–H groups in total. The predicted molar refractivity (Wildman–Crippen MR) is 78.2 cm³/mol. The van der Waals surface area contributed by atoms with E-state index in [2.05, 4.69) is 10.4 Å². The second kappa shape index (κ2) is 5.85. The molecule has 1 amide bonds. The molecule has 1 unspecified atom stereocenters. The van der Waals surface area contributed by atoms with E-state index in [1.54, 1.807) is 20.0 Å². The van der Waals surface area contributed by atoms with Gasteiger partial charge in [-0.3, -0.25) is 10.6 Å². The van der Waals surface area contributed by atoms with Gasteiger partial charge in [0.05, 0.1) is 17.3 Å². The van der Waals surface area contributed by atoms with Crippen LogP contribution in [0, 0.1) is 0 Å². The summed E-state index contributed by atoms with van der Waals surface area (Å²) in [7, 11) is 1.63. The van der Waals surface area contributed by atoms with Crippen LogP contribution in [0.15, 0.2) is 30.3 Å². The molecule has 1 aromatic heterocycles. The van der Waals surface area contributed by atoms with Crippen LogP contribution in [0.25, 0.3) is 10.9 Å². The third kappa shape index (κ3) is 2.87. The number of anilines is 1. The Balaban J connectivity index is 2.42. The number of amides is 1. The van der Waals surface area contributed by atoms with Gasteiger partial charge in [0.1, 0.15) is 5.69 Å². The Bertz CT molecular complexity index is 628. The molecular formula is C14H18N4O2. The van der Waals surface area contributed by atoms with Crippen LogP contribution in [0.5, 0.6) is 0 Å². The van der Waals surface area contributed by atoms with Gasteiger partial charge in [0, 0.05) is 19.0 Å². The lowest BCUT2D eigenvalue weighted by Crippen LogP contribution is -2.33. The maximum absolute atomic E-state index is 12.3. The van der Waals surface area contributed by atoms with Crippen molar-refractivity contribution in [3.8, 4) is 0 Å². The largest absolute Gasteiger partial charge is 0.392 e. The molecule has 0 aliphatic carbocycles. The smallest absolute Gasteiger partial charge is 0.272 e. The van der Waals surface area contributed by atoms with E-state index in [1.807, 2.05) is 24.3 Å². The first-order chi connectivity index (χ1) is 9.52. The number of nitrogen functional groups attached to an aromatic ring is 1. The SMILES string of the molecule is CC(O)CN(C)C(=O)c1cc(NN)c2ccccc2n1. The van der Waals surface area contributed by atoms with Gasteiger partial charge in [-0.05, 0) is 19.1 Å². The first kappa shape index (κ1) is 14.2. The quantitative estimate of drug-likeness (QED) is 0.571. The summed E-state index contributed by atoms with van der Waals surface area (Å²) < 4.78 is 0. The summed E-state index contributed by atoms with van der Waals surface area (Å²) in [6.07, 6.45) is -0.587. The molecule has 0 aliphatic heterocycles. The monoisotopic (exact) mass is 274 g/mol. The molecule has 0 saturated carbocycles. The van der Waals surface area contributed by atoms with Gasteiger partial charge in [0.2, 0.25) is 0 Å². The molecular weight excluding hydrogens is 256 g/mol. The highest BCUT2D eigenvalue weighted by Gasteiger charge is 2.16. The number of hydrogen-bond acceptors (Lipinski definition) is 5. The van der Waals surface area contributed by atoms with Crippen LogP contribution in [0.4, 0.5) is 5.69 Å². The van der Waals surface area contributed by atoms with E-state index < -0.39 is 6.10 Å². The first-order valence-electron chi connectivity index (χ1n) is 6.33. The number of nitrogens with two attached hydrogens (primary N) is 1. The lowest BCUT2D eigenvalue weighted by molar-refractivity contribution is 0.0698. The fourth-order valence-electron chi connectivity index (χ4n) is 2.08. The number of pyridine rings is 1. The van der Waals surface area contributed by atoms with Crippen LogP contribution in [0.3, 0.4) is 0 Å². The van der Waals surface area contributed by atoms with Gasteiger partial charge < -0.3 is 15.4 Å². The number of aromatic nitrogens is 1. The summed E-state index contributed by atoms with van der Waals surface area (Å²) in [4.78, 5) is 18.1. The van der Waals surface area contributed by atoms with E-state index in [4.69, 9.17) is 5.84 Å². The maximum atomic E-state index is 12.3. The summed E-state index contributed by atoms with van der Waals surface area (Å²) in [5.74, 6) is 5.24. The standard InChI is InChI=1S/C14H18N4O2/c1-9(19)8-18(2)14(20)13-7-12(17-15)10-5-3-4-6-11(10)16-13/h3-7,9,19H,8,15H2,1-2H3,(H,16,17). The molecule has 6 heteroatoms. The average Bonchev–Trinajstić information content (AvgIpc) is 2.44. The second-order valence-corrected chi connectivity index (χ2v) is 4.75. The van der Waals surface area contributed by atoms with Crippen LogP contribution < -0.4 is 11.3 Å². The minimum atomic E-state index is -0.587. The van der Waals surface area contributed by atoms with Gasteiger partial charge in [-0.15, -0.1) is 0 Å². The Morgan fingerprint density at radius 2 is 2.20 bits per heavy atom. The van der Waals surface area contributed by atoms with Crippen molar-refractivity contribution in [2.24, 2.45) is 5.84 Å². The first-order valence-corrected chi connectivity index (χ1v) is 6.33. The zero-order valence-corrected chi connectivity index (χ0v) is 11.5. The Morgan fingerprint density at radius 3 is 2.85 bits per heavy atom. The predicted octanol–water partition coefficient (Wildman–Crippen LogP) is 0.973. The molecule has 0 spiro atoms. The van der Waals surface area contributed by atoms with Crippen LogP contribution in [-0.2, 0) is 0 Å². The number of hydrazine groups is 1. The van der Waals surface area contributed by atoms with Crippen molar-refractivity contribution in [3.05, 3.63) is 36.0 Å².